The van der Waals surface area contributed by atoms with E-state index in [1.165, 1.54) is 10.8 Å². The Morgan fingerprint density at radius 1 is 0.408 bits per heavy atom. The molecule has 8 rings (SSSR count). The molecule has 1 aliphatic heterocycles. The van der Waals surface area contributed by atoms with Crippen LogP contribution in [0.15, 0.2) is 146 Å². The van der Waals surface area contributed by atoms with Crippen molar-refractivity contribution in [3.63, 3.8) is 0 Å². The molecule has 0 amide bonds. The Bertz CT molecular complexity index is 2230. The topological polar surface area (TPSA) is 57.1 Å². The van der Waals surface area contributed by atoms with Gasteiger partial charge in [0.15, 0.2) is 17.5 Å². The summed E-state index contributed by atoms with van der Waals surface area (Å²) in [6.07, 6.45) is 0. The molecule has 1 aromatic heterocycles. The van der Waals surface area contributed by atoms with Crippen LogP contribution in [0.4, 0.5) is 0 Å². The molecule has 2 heterocycles. The van der Waals surface area contributed by atoms with Crippen LogP contribution in [0.2, 0.25) is 0 Å². The van der Waals surface area contributed by atoms with Gasteiger partial charge in [-0.1, -0.05) is 133 Å². The van der Waals surface area contributed by atoms with Crippen LogP contribution in [0.1, 0.15) is 27.7 Å². The lowest BCUT2D eigenvalue weighted by molar-refractivity contribution is 0.00578. The Kier molecular flexibility index (Phi) is 7.71. The fourth-order valence-corrected chi connectivity index (χ4v) is 6.32. The van der Waals surface area contributed by atoms with E-state index < -0.39 is 18.3 Å². The molecule has 0 saturated carbocycles. The molecule has 238 valence electrons. The number of rotatable bonds is 6. The van der Waals surface area contributed by atoms with E-state index in [1.54, 1.807) is 0 Å². The Morgan fingerprint density at radius 2 is 0.918 bits per heavy atom. The predicted octanol–water partition coefficient (Wildman–Crippen LogP) is 9.66. The summed E-state index contributed by atoms with van der Waals surface area (Å²) >= 11 is 0. The first kappa shape index (κ1) is 30.9. The summed E-state index contributed by atoms with van der Waals surface area (Å²) in [6, 6.07) is 50.2. The second-order valence-electron chi connectivity index (χ2n) is 13.6. The van der Waals surface area contributed by atoms with E-state index in [4.69, 9.17) is 24.3 Å². The molecule has 1 aliphatic rings. The minimum Gasteiger partial charge on any atom is -0.399 e. The Balaban J connectivity index is 1.32. The van der Waals surface area contributed by atoms with Crippen LogP contribution in [-0.4, -0.2) is 33.3 Å². The summed E-state index contributed by atoms with van der Waals surface area (Å²) in [7, 11) is -0.525. The van der Waals surface area contributed by atoms with Gasteiger partial charge in [-0.2, -0.15) is 0 Å². The van der Waals surface area contributed by atoms with Crippen molar-refractivity contribution in [3.8, 4) is 56.4 Å². The zero-order valence-corrected chi connectivity index (χ0v) is 28.1. The van der Waals surface area contributed by atoms with Crippen LogP contribution in [0, 0.1) is 0 Å². The third-order valence-corrected chi connectivity index (χ3v) is 9.74. The third kappa shape index (κ3) is 5.95. The number of hydrogen-bond acceptors (Lipinski definition) is 5. The molecule has 6 heteroatoms. The SMILES string of the molecule is CC1(C)OB(c2cc(-c3ccc4ccccc4c3)cc(-c3ccccc3-c3nc(-c4ccccc4)nc(-c4ccccc4)n3)c2)OC1(C)C. The van der Waals surface area contributed by atoms with Crippen LogP contribution < -0.4 is 5.46 Å². The van der Waals surface area contributed by atoms with Crippen molar-refractivity contribution in [2.24, 2.45) is 0 Å². The van der Waals surface area contributed by atoms with Gasteiger partial charge in [0.2, 0.25) is 0 Å². The molecule has 0 atom stereocenters. The highest BCUT2D eigenvalue weighted by Crippen LogP contribution is 2.39. The first-order valence-corrected chi connectivity index (χ1v) is 16.7. The van der Waals surface area contributed by atoms with E-state index >= 15 is 0 Å². The van der Waals surface area contributed by atoms with Crippen LogP contribution in [0.25, 0.3) is 67.2 Å². The standard InChI is InChI=1S/C43H36BN3O2/c1-42(2)43(3,4)49-44(48-42)36-27-34(33-24-23-29-15-11-12-20-32(29)25-33)26-35(28-36)37-21-13-14-22-38(37)41-46-39(30-16-7-5-8-17-30)45-40(47-41)31-18-9-6-10-19-31/h5-28H,1-4H3. The second-order valence-corrected chi connectivity index (χ2v) is 13.6. The molecule has 0 unspecified atom stereocenters. The lowest BCUT2D eigenvalue weighted by Crippen LogP contribution is -2.41. The molecule has 7 aromatic rings. The molecule has 0 bridgehead atoms. The summed E-state index contributed by atoms with van der Waals surface area (Å²) < 4.78 is 13.2. The fourth-order valence-electron chi connectivity index (χ4n) is 6.32. The van der Waals surface area contributed by atoms with E-state index in [-0.39, 0.29) is 0 Å². The zero-order chi connectivity index (χ0) is 33.6. The largest absolute Gasteiger partial charge is 0.494 e. The van der Waals surface area contributed by atoms with Crippen molar-refractivity contribution in [2.75, 3.05) is 0 Å². The van der Waals surface area contributed by atoms with E-state index in [9.17, 15) is 0 Å². The molecule has 0 spiro atoms. The maximum absolute atomic E-state index is 6.59. The Morgan fingerprint density at radius 3 is 1.55 bits per heavy atom. The summed E-state index contributed by atoms with van der Waals surface area (Å²) in [4.78, 5) is 15.1. The van der Waals surface area contributed by atoms with E-state index in [0.29, 0.717) is 17.5 Å². The summed E-state index contributed by atoms with van der Waals surface area (Å²) in [5.41, 5.74) is 7.02. The van der Waals surface area contributed by atoms with Gasteiger partial charge in [0.05, 0.1) is 11.2 Å². The number of fused-ring (bicyclic) bond motifs is 1. The van der Waals surface area contributed by atoms with Crippen molar-refractivity contribution in [1.29, 1.82) is 0 Å². The minimum absolute atomic E-state index is 0.471. The number of aromatic nitrogens is 3. The van der Waals surface area contributed by atoms with Crippen molar-refractivity contribution in [3.05, 3.63) is 146 Å². The van der Waals surface area contributed by atoms with Gasteiger partial charge in [0.1, 0.15) is 0 Å². The van der Waals surface area contributed by atoms with Crippen LogP contribution in [0.3, 0.4) is 0 Å². The van der Waals surface area contributed by atoms with Gasteiger partial charge < -0.3 is 9.31 Å². The molecule has 1 fully saturated rings. The highest BCUT2D eigenvalue weighted by Gasteiger charge is 2.51. The zero-order valence-electron chi connectivity index (χ0n) is 28.1. The maximum atomic E-state index is 6.59. The molecule has 5 nitrogen and oxygen atoms in total. The van der Waals surface area contributed by atoms with Crippen molar-refractivity contribution < 1.29 is 9.31 Å². The number of benzene rings is 6. The van der Waals surface area contributed by atoms with Crippen LogP contribution in [0.5, 0.6) is 0 Å². The van der Waals surface area contributed by atoms with Gasteiger partial charge in [0.25, 0.3) is 0 Å². The Labute approximate surface area is 287 Å². The van der Waals surface area contributed by atoms with E-state index in [0.717, 1.165) is 44.4 Å². The molecular formula is C43H36BN3O2. The maximum Gasteiger partial charge on any atom is 0.494 e. The number of nitrogens with zero attached hydrogens (tertiary/aromatic N) is 3. The third-order valence-electron chi connectivity index (χ3n) is 9.74. The lowest BCUT2D eigenvalue weighted by atomic mass is 9.76. The van der Waals surface area contributed by atoms with E-state index in [1.807, 2.05) is 66.7 Å². The lowest BCUT2D eigenvalue weighted by Gasteiger charge is -2.32. The first-order valence-electron chi connectivity index (χ1n) is 16.7. The normalized spacial score (nSPS) is 15.1. The van der Waals surface area contributed by atoms with Crippen LogP contribution in [-0.2, 0) is 9.31 Å². The molecule has 1 saturated heterocycles. The molecular weight excluding hydrogens is 601 g/mol. The minimum atomic E-state index is -0.525. The summed E-state index contributed by atoms with van der Waals surface area (Å²) in [6.45, 7) is 8.36. The van der Waals surface area contributed by atoms with Gasteiger partial charge in [-0.15, -0.1) is 0 Å². The average molecular weight is 638 g/mol. The van der Waals surface area contributed by atoms with E-state index in [2.05, 4.69) is 107 Å². The van der Waals surface area contributed by atoms with Gasteiger partial charge in [-0.25, -0.2) is 15.0 Å². The highest BCUT2D eigenvalue weighted by molar-refractivity contribution is 6.62. The molecule has 0 N–H and O–H groups in total. The highest BCUT2D eigenvalue weighted by atomic mass is 16.7. The van der Waals surface area contributed by atoms with Crippen LogP contribution >= 0.6 is 0 Å². The van der Waals surface area contributed by atoms with Gasteiger partial charge >= 0.3 is 7.12 Å². The number of hydrogen-bond donors (Lipinski definition) is 0. The molecule has 0 aliphatic carbocycles. The summed E-state index contributed by atoms with van der Waals surface area (Å²) in [5, 5.41) is 2.40. The smallest absolute Gasteiger partial charge is 0.399 e. The fraction of sp³-hybridized carbons (Fsp3) is 0.140. The van der Waals surface area contributed by atoms with Crippen molar-refractivity contribution >= 4 is 23.4 Å². The van der Waals surface area contributed by atoms with Gasteiger partial charge in [-0.3, -0.25) is 0 Å². The van der Waals surface area contributed by atoms with Crippen molar-refractivity contribution in [2.45, 2.75) is 38.9 Å². The Hall–Kier alpha value is -5.43. The average Bonchev–Trinajstić information content (AvgIpc) is 3.37. The predicted molar refractivity (Wildman–Crippen MR) is 200 cm³/mol. The first-order chi connectivity index (χ1) is 23.7. The molecule has 49 heavy (non-hydrogen) atoms. The van der Waals surface area contributed by atoms with Gasteiger partial charge in [0, 0.05) is 16.7 Å². The quantitative estimate of drug-likeness (QED) is 0.170. The van der Waals surface area contributed by atoms with Gasteiger partial charge in [-0.05, 0) is 78.3 Å². The monoisotopic (exact) mass is 637 g/mol. The molecule has 0 radical (unpaired) electrons. The molecule has 6 aromatic carbocycles. The second kappa shape index (κ2) is 12.2. The van der Waals surface area contributed by atoms with Crippen molar-refractivity contribution in [1.82, 2.24) is 15.0 Å². The summed E-state index contributed by atoms with van der Waals surface area (Å²) in [5.74, 6) is 1.86.